The van der Waals surface area contributed by atoms with Gasteiger partial charge in [-0.1, -0.05) is 36.4 Å². The van der Waals surface area contributed by atoms with Crippen molar-refractivity contribution in [3.63, 3.8) is 0 Å². The molecule has 1 aromatic heterocycles. The van der Waals surface area contributed by atoms with Crippen molar-refractivity contribution < 1.29 is 4.39 Å². The van der Waals surface area contributed by atoms with Crippen LogP contribution in [0.3, 0.4) is 0 Å². The lowest BCUT2D eigenvalue weighted by Gasteiger charge is -2.37. The molecule has 2 heterocycles. The molecule has 3 heteroatoms. The van der Waals surface area contributed by atoms with Gasteiger partial charge in [0.2, 0.25) is 0 Å². The lowest BCUT2D eigenvalue weighted by molar-refractivity contribution is 0.396. The molecule has 0 N–H and O–H groups in total. The first-order valence-electron chi connectivity index (χ1n) is 7.75. The van der Waals surface area contributed by atoms with E-state index in [-0.39, 0.29) is 12.7 Å². The van der Waals surface area contributed by atoms with Crippen LogP contribution in [-0.4, -0.2) is 17.8 Å². The fraction of sp³-hybridized carbons (Fsp3) is 0.263. The molecule has 0 spiro atoms. The number of hydrogen-bond donors (Lipinski definition) is 0. The minimum absolute atomic E-state index is 0.205. The zero-order valence-electron chi connectivity index (χ0n) is 12.7. The van der Waals surface area contributed by atoms with Crippen molar-refractivity contribution in [2.24, 2.45) is 7.05 Å². The molecule has 1 aliphatic heterocycles. The molecule has 0 radical (unpaired) electrons. The van der Waals surface area contributed by atoms with Gasteiger partial charge in [-0.25, -0.2) is 4.39 Å². The maximum absolute atomic E-state index is 13.9. The van der Waals surface area contributed by atoms with Gasteiger partial charge in [0.25, 0.3) is 0 Å². The minimum atomic E-state index is -0.369. The van der Waals surface area contributed by atoms with E-state index in [1.165, 1.54) is 16.5 Å². The molecule has 1 atom stereocenters. The van der Waals surface area contributed by atoms with Gasteiger partial charge in [0.15, 0.2) is 0 Å². The molecular weight excluding hydrogens is 275 g/mol. The van der Waals surface area contributed by atoms with E-state index >= 15 is 0 Å². The molecule has 2 nitrogen and oxygen atoms in total. The maximum atomic E-state index is 13.9. The third-order valence-corrected chi connectivity index (χ3v) is 4.79. The number of aromatic nitrogens is 1. The molecule has 1 aliphatic rings. The summed E-state index contributed by atoms with van der Waals surface area (Å²) in [5, 5.41) is 1.27. The van der Waals surface area contributed by atoms with Crippen molar-refractivity contribution in [3.8, 4) is 0 Å². The normalized spacial score (nSPS) is 17.7. The summed E-state index contributed by atoms with van der Waals surface area (Å²) >= 11 is 0. The lowest BCUT2D eigenvalue weighted by atomic mass is 9.97. The monoisotopic (exact) mass is 294 g/mol. The first kappa shape index (κ1) is 13.4. The topological polar surface area (TPSA) is 8.17 Å². The van der Waals surface area contributed by atoms with E-state index in [1.807, 2.05) is 24.3 Å². The molecule has 0 aliphatic carbocycles. The number of nitrogens with zero attached hydrogens (tertiary/aromatic N) is 2. The standard InChI is InChI=1S/C19H19FN2/c1-21-17-10-6-5-9-15(17)16-11-12-22(18(13-20)19(16)21)14-7-3-2-4-8-14/h2-10,18H,11-13H2,1H3. The summed E-state index contributed by atoms with van der Waals surface area (Å²) in [6.45, 7) is 0.492. The maximum Gasteiger partial charge on any atom is 0.115 e. The largest absolute Gasteiger partial charge is 0.360 e. The summed E-state index contributed by atoms with van der Waals surface area (Å²) in [6.07, 6.45) is 0.960. The number of rotatable bonds is 2. The van der Waals surface area contributed by atoms with Crippen LogP contribution in [-0.2, 0) is 13.5 Å². The highest BCUT2D eigenvalue weighted by atomic mass is 19.1. The van der Waals surface area contributed by atoms with Gasteiger partial charge in [-0.2, -0.15) is 0 Å². The minimum Gasteiger partial charge on any atom is -0.360 e. The first-order valence-corrected chi connectivity index (χ1v) is 7.75. The average molecular weight is 294 g/mol. The molecule has 0 saturated heterocycles. The van der Waals surface area contributed by atoms with E-state index in [1.54, 1.807) is 0 Å². The van der Waals surface area contributed by atoms with Gasteiger partial charge in [0.05, 0.1) is 6.04 Å². The number of fused-ring (bicyclic) bond motifs is 3. The van der Waals surface area contributed by atoms with Crippen molar-refractivity contribution in [1.82, 2.24) is 4.57 Å². The first-order chi connectivity index (χ1) is 10.8. The molecular formula is C19H19FN2. The van der Waals surface area contributed by atoms with Crippen molar-refractivity contribution in [2.45, 2.75) is 12.5 Å². The molecule has 0 amide bonds. The number of hydrogen-bond acceptors (Lipinski definition) is 1. The van der Waals surface area contributed by atoms with Crippen LogP contribution < -0.4 is 4.90 Å². The molecule has 2 aromatic carbocycles. The van der Waals surface area contributed by atoms with Crippen LogP contribution in [0.15, 0.2) is 54.6 Å². The van der Waals surface area contributed by atoms with Crippen LogP contribution in [0.25, 0.3) is 10.9 Å². The number of halogens is 1. The van der Waals surface area contributed by atoms with Gasteiger partial charge in [-0.15, -0.1) is 0 Å². The van der Waals surface area contributed by atoms with E-state index in [9.17, 15) is 4.39 Å². The molecule has 0 bridgehead atoms. The van der Waals surface area contributed by atoms with Crippen molar-refractivity contribution in [1.29, 1.82) is 0 Å². The smallest absolute Gasteiger partial charge is 0.115 e. The van der Waals surface area contributed by atoms with E-state index in [4.69, 9.17) is 0 Å². The molecule has 1 unspecified atom stereocenters. The predicted molar refractivity (Wildman–Crippen MR) is 89.1 cm³/mol. The second-order valence-corrected chi connectivity index (χ2v) is 5.89. The summed E-state index contributed by atoms with van der Waals surface area (Å²) in [4.78, 5) is 2.20. The van der Waals surface area contributed by atoms with Gasteiger partial charge in [0, 0.05) is 35.9 Å². The van der Waals surface area contributed by atoms with Crippen LogP contribution >= 0.6 is 0 Å². The second kappa shape index (κ2) is 5.16. The fourth-order valence-electron chi connectivity index (χ4n) is 3.80. The number of benzene rings is 2. The van der Waals surface area contributed by atoms with Crippen LogP contribution in [0.5, 0.6) is 0 Å². The number of alkyl halides is 1. The van der Waals surface area contributed by atoms with Gasteiger partial charge < -0.3 is 9.47 Å². The van der Waals surface area contributed by atoms with Gasteiger partial charge in [-0.3, -0.25) is 0 Å². The predicted octanol–water partition coefficient (Wildman–Crippen LogP) is 4.25. The summed E-state index contributed by atoms with van der Waals surface area (Å²) < 4.78 is 16.1. The quantitative estimate of drug-likeness (QED) is 0.686. The van der Waals surface area contributed by atoms with Crippen LogP contribution in [0.1, 0.15) is 17.3 Å². The Hall–Kier alpha value is -2.29. The molecule has 0 fully saturated rings. The van der Waals surface area contributed by atoms with E-state index < -0.39 is 0 Å². The third-order valence-electron chi connectivity index (χ3n) is 4.79. The van der Waals surface area contributed by atoms with Crippen LogP contribution in [0, 0.1) is 0 Å². The van der Waals surface area contributed by atoms with Gasteiger partial charge in [-0.05, 0) is 30.2 Å². The van der Waals surface area contributed by atoms with Crippen molar-refractivity contribution in [3.05, 3.63) is 65.9 Å². The van der Waals surface area contributed by atoms with E-state index in [2.05, 4.69) is 46.8 Å². The lowest BCUT2D eigenvalue weighted by Crippen LogP contribution is -2.37. The third kappa shape index (κ3) is 1.85. The zero-order valence-corrected chi connectivity index (χ0v) is 12.7. The van der Waals surface area contributed by atoms with Gasteiger partial charge >= 0.3 is 0 Å². The summed E-state index contributed by atoms with van der Waals surface area (Å²) in [5.74, 6) is 0. The molecule has 22 heavy (non-hydrogen) atoms. The Balaban J connectivity index is 1.89. The Labute approximate surface area is 129 Å². The van der Waals surface area contributed by atoms with Crippen molar-refractivity contribution in [2.75, 3.05) is 18.1 Å². The highest BCUT2D eigenvalue weighted by Crippen LogP contribution is 2.38. The average Bonchev–Trinajstić information content (AvgIpc) is 2.88. The number of aryl methyl sites for hydroxylation is 1. The SMILES string of the molecule is Cn1c2c(c3ccccc31)CCN(c1ccccc1)C2CF. The summed E-state index contributed by atoms with van der Waals surface area (Å²) in [5.41, 5.74) is 4.73. The Morgan fingerprint density at radius 1 is 1.05 bits per heavy atom. The Bertz CT molecular complexity index is 807. The van der Waals surface area contributed by atoms with Crippen LogP contribution in [0.4, 0.5) is 10.1 Å². The number of para-hydroxylation sites is 2. The fourth-order valence-corrected chi connectivity index (χ4v) is 3.80. The van der Waals surface area contributed by atoms with Crippen molar-refractivity contribution >= 4 is 16.6 Å². The Morgan fingerprint density at radius 3 is 2.55 bits per heavy atom. The van der Waals surface area contributed by atoms with Crippen LogP contribution in [0.2, 0.25) is 0 Å². The molecule has 3 aromatic rings. The van der Waals surface area contributed by atoms with E-state index in [0.717, 1.165) is 24.3 Å². The highest BCUT2D eigenvalue weighted by Gasteiger charge is 2.32. The molecule has 112 valence electrons. The zero-order chi connectivity index (χ0) is 15.1. The second-order valence-electron chi connectivity index (χ2n) is 5.89. The molecule has 0 saturated carbocycles. The van der Waals surface area contributed by atoms with E-state index in [0.29, 0.717) is 0 Å². The van der Waals surface area contributed by atoms with Gasteiger partial charge in [0.1, 0.15) is 6.67 Å². The molecule has 4 rings (SSSR count). The summed E-state index contributed by atoms with van der Waals surface area (Å²) in [6, 6.07) is 18.3. The Morgan fingerprint density at radius 2 is 1.77 bits per heavy atom. The number of anilines is 1. The summed E-state index contributed by atoms with van der Waals surface area (Å²) in [7, 11) is 2.05. The highest BCUT2D eigenvalue weighted by molar-refractivity contribution is 5.86. The Kier molecular flexibility index (Phi) is 3.14.